The summed E-state index contributed by atoms with van der Waals surface area (Å²) < 4.78 is 45.8. The van der Waals surface area contributed by atoms with Crippen LogP contribution in [0, 0.1) is 5.92 Å². The normalized spacial score (nSPS) is 22.7. The number of hydrogen-bond acceptors (Lipinski definition) is 4. The van der Waals surface area contributed by atoms with Gasteiger partial charge >= 0.3 is 0 Å². The lowest BCUT2D eigenvalue weighted by molar-refractivity contribution is 0.128. The summed E-state index contributed by atoms with van der Waals surface area (Å²) in [5.41, 5.74) is 0. The van der Waals surface area contributed by atoms with E-state index in [2.05, 4.69) is 14.6 Å². The molecule has 2 heterocycles. The fourth-order valence-electron chi connectivity index (χ4n) is 2.83. The van der Waals surface area contributed by atoms with Gasteiger partial charge in [-0.2, -0.15) is 17.4 Å². The molecule has 132 valence electrons. The van der Waals surface area contributed by atoms with E-state index < -0.39 is 16.9 Å². The van der Waals surface area contributed by atoms with Crippen LogP contribution in [0.1, 0.15) is 6.42 Å². The quantitative estimate of drug-likeness (QED) is 0.721. The molecule has 1 fully saturated rings. The minimum Gasteiger partial charge on any atom is -0.384 e. The summed E-state index contributed by atoms with van der Waals surface area (Å²) in [5.74, 6) is 1.03. The number of H-pyrrole nitrogens is 1. The third-order valence-corrected chi connectivity index (χ3v) is 5.75. The fourth-order valence-corrected chi connectivity index (χ4v) is 4.01. The average molecular weight is 348 g/mol. The summed E-state index contributed by atoms with van der Waals surface area (Å²) >= 11 is 0. The van der Waals surface area contributed by atoms with Crippen LogP contribution in [0.3, 0.4) is 0 Å². The summed E-state index contributed by atoms with van der Waals surface area (Å²) in [6.07, 6.45) is 2.52. The van der Waals surface area contributed by atoms with Gasteiger partial charge in [0.1, 0.15) is 12.5 Å². The highest BCUT2D eigenvalue weighted by Crippen LogP contribution is 2.23. The maximum Gasteiger partial charge on any atom is 0.279 e. The number of hydrogen-bond donors (Lipinski definition) is 2. The summed E-state index contributed by atoms with van der Waals surface area (Å²) in [5, 5.41) is 0. The Bertz CT molecular complexity index is 567. The standard InChI is InChI=1S/C14H25FN4O3S/c1-18(9-6-15)23(20,21)17-13-5-8-19(10-12(13)11-22-2)14-4-3-7-16-14/h3-4,7,12-13,16-17H,5-6,8-11H2,1-2H3. The molecule has 1 aliphatic rings. The summed E-state index contributed by atoms with van der Waals surface area (Å²) in [6, 6.07) is 3.69. The Morgan fingerprint density at radius 2 is 2.35 bits per heavy atom. The highest BCUT2D eigenvalue weighted by molar-refractivity contribution is 7.87. The molecule has 9 heteroatoms. The number of anilines is 1. The Labute approximate surface area is 137 Å². The number of rotatable bonds is 8. The van der Waals surface area contributed by atoms with Gasteiger partial charge in [0.15, 0.2) is 0 Å². The highest BCUT2D eigenvalue weighted by atomic mass is 32.2. The Balaban J connectivity index is 2.04. The van der Waals surface area contributed by atoms with E-state index in [1.165, 1.54) is 7.05 Å². The lowest BCUT2D eigenvalue weighted by Gasteiger charge is -2.39. The van der Waals surface area contributed by atoms with E-state index in [4.69, 9.17) is 4.74 Å². The van der Waals surface area contributed by atoms with Gasteiger partial charge in [-0.3, -0.25) is 0 Å². The van der Waals surface area contributed by atoms with Crippen LogP contribution in [0.25, 0.3) is 0 Å². The number of ether oxygens (including phenoxy) is 1. The SMILES string of the molecule is COCC1CN(c2ccc[nH]2)CCC1NS(=O)(=O)N(C)CCF. The van der Waals surface area contributed by atoms with Gasteiger partial charge in [0, 0.05) is 51.9 Å². The van der Waals surface area contributed by atoms with Gasteiger partial charge in [-0.15, -0.1) is 0 Å². The molecule has 1 aromatic heterocycles. The zero-order valence-electron chi connectivity index (χ0n) is 13.5. The second-order valence-corrected chi connectivity index (χ2v) is 7.55. The molecular formula is C14H25FN4O3S. The van der Waals surface area contributed by atoms with E-state index in [1.54, 1.807) is 7.11 Å². The van der Waals surface area contributed by atoms with Crippen LogP contribution in [0.2, 0.25) is 0 Å². The van der Waals surface area contributed by atoms with Gasteiger partial charge in [-0.1, -0.05) is 0 Å². The zero-order valence-corrected chi connectivity index (χ0v) is 14.4. The molecule has 2 atom stereocenters. The molecule has 2 N–H and O–H groups in total. The number of nitrogens with zero attached hydrogens (tertiary/aromatic N) is 2. The van der Waals surface area contributed by atoms with Gasteiger partial charge < -0.3 is 14.6 Å². The smallest absolute Gasteiger partial charge is 0.279 e. The van der Waals surface area contributed by atoms with Gasteiger partial charge in [0.05, 0.1) is 6.61 Å². The van der Waals surface area contributed by atoms with Crippen LogP contribution in [0.15, 0.2) is 18.3 Å². The van der Waals surface area contributed by atoms with Gasteiger partial charge in [-0.05, 0) is 18.6 Å². The highest BCUT2D eigenvalue weighted by Gasteiger charge is 2.33. The number of halogens is 1. The number of alkyl halides is 1. The first kappa shape index (κ1) is 18.2. The van der Waals surface area contributed by atoms with Crippen LogP contribution < -0.4 is 9.62 Å². The van der Waals surface area contributed by atoms with Crippen molar-refractivity contribution in [3.8, 4) is 0 Å². The largest absolute Gasteiger partial charge is 0.384 e. The van der Waals surface area contributed by atoms with E-state index in [-0.39, 0.29) is 18.5 Å². The van der Waals surface area contributed by atoms with Crippen molar-refractivity contribution in [2.45, 2.75) is 12.5 Å². The van der Waals surface area contributed by atoms with Crippen molar-refractivity contribution in [2.24, 2.45) is 5.92 Å². The van der Waals surface area contributed by atoms with Crippen molar-refractivity contribution >= 4 is 16.0 Å². The van der Waals surface area contributed by atoms with Crippen LogP contribution in [-0.2, 0) is 14.9 Å². The molecule has 0 aliphatic carbocycles. The molecule has 0 radical (unpaired) electrons. The maximum atomic E-state index is 12.4. The molecule has 1 aliphatic heterocycles. The molecule has 2 rings (SSSR count). The molecule has 0 amide bonds. The topological polar surface area (TPSA) is 77.7 Å². The second-order valence-electron chi connectivity index (χ2n) is 5.75. The van der Waals surface area contributed by atoms with Crippen molar-refractivity contribution in [3.05, 3.63) is 18.3 Å². The molecule has 1 saturated heterocycles. The third kappa shape index (κ3) is 4.66. The number of methoxy groups -OCH3 is 1. The van der Waals surface area contributed by atoms with E-state index >= 15 is 0 Å². The van der Waals surface area contributed by atoms with Crippen molar-refractivity contribution in [3.63, 3.8) is 0 Å². The third-order valence-electron chi connectivity index (χ3n) is 4.15. The zero-order chi connectivity index (χ0) is 16.9. The summed E-state index contributed by atoms with van der Waals surface area (Å²) in [7, 11) is -0.701. The molecule has 0 bridgehead atoms. The molecular weight excluding hydrogens is 323 g/mol. The molecule has 2 unspecified atom stereocenters. The van der Waals surface area contributed by atoms with E-state index in [9.17, 15) is 12.8 Å². The Hall–Kier alpha value is -1.16. The number of aromatic nitrogens is 1. The van der Waals surface area contributed by atoms with Crippen LogP contribution in [0.4, 0.5) is 10.2 Å². The minimum absolute atomic E-state index is 0.0191. The molecule has 1 aromatic rings. The fraction of sp³-hybridized carbons (Fsp3) is 0.714. The van der Waals surface area contributed by atoms with Crippen LogP contribution in [-0.4, -0.2) is 70.8 Å². The predicted octanol–water partition coefficient (Wildman–Crippen LogP) is 0.592. The average Bonchev–Trinajstić information content (AvgIpc) is 3.03. The second kappa shape index (κ2) is 8.09. The van der Waals surface area contributed by atoms with E-state index in [1.807, 2.05) is 18.3 Å². The molecule has 0 aromatic carbocycles. The van der Waals surface area contributed by atoms with Crippen molar-refractivity contribution in [1.29, 1.82) is 0 Å². The van der Waals surface area contributed by atoms with Crippen LogP contribution >= 0.6 is 0 Å². The summed E-state index contributed by atoms with van der Waals surface area (Å²) in [6.45, 7) is 1.03. The molecule has 23 heavy (non-hydrogen) atoms. The summed E-state index contributed by atoms with van der Waals surface area (Å²) in [4.78, 5) is 5.34. The van der Waals surface area contributed by atoms with Crippen molar-refractivity contribution in [2.75, 3.05) is 52.0 Å². The Morgan fingerprint density at radius 1 is 1.57 bits per heavy atom. The van der Waals surface area contributed by atoms with Gasteiger partial charge in [0.2, 0.25) is 0 Å². The van der Waals surface area contributed by atoms with Gasteiger partial charge in [0.25, 0.3) is 10.2 Å². The maximum absolute atomic E-state index is 12.4. The van der Waals surface area contributed by atoms with E-state index in [0.717, 1.165) is 16.7 Å². The van der Waals surface area contributed by atoms with Crippen LogP contribution in [0.5, 0.6) is 0 Å². The lowest BCUT2D eigenvalue weighted by Crippen LogP contribution is -2.55. The molecule has 0 spiro atoms. The first-order valence-corrected chi connectivity index (χ1v) is 9.08. The Morgan fingerprint density at radius 3 is 2.96 bits per heavy atom. The monoisotopic (exact) mass is 348 g/mol. The van der Waals surface area contributed by atoms with Crippen molar-refractivity contribution in [1.82, 2.24) is 14.0 Å². The first-order valence-electron chi connectivity index (χ1n) is 7.64. The number of piperidine rings is 1. The Kier molecular flexibility index (Phi) is 6.40. The van der Waals surface area contributed by atoms with Crippen molar-refractivity contribution < 1.29 is 17.5 Å². The molecule has 0 saturated carbocycles. The number of aromatic amines is 1. The predicted molar refractivity (Wildman–Crippen MR) is 87.4 cm³/mol. The first-order chi connectivity index (χ1) is 11.0. The van der Waals surface area contributed by atoms with E-state index in [0.29, 0.717) is 19.6 Å². The number of nitrogens with one attached hydrogen (secondary N) is 2. The minimum atomic E-state index is -3.68. The molecule has 7 nitrogen and oxygen atoms in total. The van der Waals surface area contributed by atoms with Gasteiger partial charge in [-0.25, -0.2) is 4.39 Å². The lowest BCUT2D eigenvalue weighted by atomic mass is 9.93.